The molecule has 1 atom stereocenters. The van der Waals surface area contributed by atoms with Crippen molar-refractivity contribution in [3.8, 4) is 0 Å². The summed E-state index contributed by atoms with van der Waals surface area (Å²) in [7, 11) is -2.87. The van der Waals surface area contributed by atoms with Crippen molar-refractivity contribution in [2.75, 3.05) is 37.7 Å². The van der Waals surface area contributed by atoms with Gasteiger partial charge >= 0.3 is 0 Å². The Balaban J connectivity index is 2.31. The fraction of sp³-hybridized carbons (Fsp3) is 1.00. The lowest BCUT2D eigenvalue weighted by Gasteiger charge is -2.23. The molecule has 0 spiro atoms. The summed E-state index contributed by atoms with van der Waals surface area (Å²) in [4.78, 5) is 2.00. The molecule has 1 fully saturated rings. The smallest absolute Gasteiger partial charge is 0.151 e. The SMILES string of the molecule is CC(C)OCC(O)CN1CCCS(=O)(=O)CC1. The predicted molar refractivity (Wildman–Crippen MR) is 66.8 cm³/mol. The minimum absolute atomic E-state index is 0.106. The molecule has 1 rings (SSSR count). The molecule has 1 saturated heterocycles. The first-order valence-electron chi connectivity index (χ1n) is 6.11. The average Bonchev–Trinajstić information content (AvgIpc) is 2.37. The second-order valence-corrected chi connectivity index (χ2v) is 7.15. The van der Waals surface area contributed by atoms with E-state index in [0.717, 1.165) is 6.54 Å². The summed E-state index contributed by atoms with van der Waals surface area (Å²) in [6, 6.07) is 0. The minimum Gasteiger partial charge on any atom is -0.389 e. The highest BCUT2D eigenvalue weighted by molar-refractivity contribution is 7.91. The van der Waals surface area contributed by atoms with E-state index < -0.39 is 15.9 Å². The number of β-amino-alcohol motifs (C(OH)–C–C–N with tert-alkyl or cyclic N) is 1. The van der Waals surface area contributed by atoms with Crippen LogP contribution in [0.3, 0.4) is 0 Å². The van der Waals surface area contributed by atoms with E-state index in [-0.39, 0.29) is 17.6 Å². The van der Waals surface area contributed by atoms with Gasteiger partial charge in [-0.2, -0.15) is 0 Å². The average molecular weight is 265 g/mol. The number of hydrogen-bond acceptors (Lipinski definition) is 5. The first kappa shape index (κ1) is 14.9. The molecule has 0 aromatic carbocycles. The number of sulfone groups is 1. The van der Waals surface area contributed by atoms with Gasteiger partial charge in [-0.25, -0.2) is 8.42 Å². The van der Waals surface area contributed by atoms with Gasteiger partial charge in [-0.15, -0.1) is 0 Å². The standard InChI is InChI=1S/C11H23NO4S/c1-10(2)16-9-11(13)8-12-4-3-6-17(14,15)7-5-12/h10-11,13H,3-9H2,1-2H3. The van der Waals surface area contributed by atoms with Gasteiger partial charge in [-0.1, -0.05) is 0 Å². The van der Waals surface area contributed by atoms with Crippen molar-refractivity contribution in [2.24, 2.45) is 0 Å². The van der Waals surface area contributed by atoms with Crippen LogP contribution < -0.4 is 0 Å². The Labute approximate surface area is 104 Å². The van der Waals surface area contributed by atoms with Gasteiger partial charge < -0.3 is 9.84 Å². The van der Waals surface area contributed by atoms with Crippen molar-refractivity contribution in [2.45, 2.75) is 32.5 Å². The highest BCUT2D eigenvalue weighted by Gasteiger charge is 2.20. The molecule has 1 heterocycles. The van der Waals surface area contributed by atoms with E-state index in [9.17, 15) is 13.5 Å². The zero-order chi connectivity index (χ0) is 12.9. The van der Waals surface area contributed by atoms with E-state index in [1.165, 1.54) is 0 Å². The van der Waals surface area contributed by atoms with Gasteiger partial charge in [0, 0.05) is 13.1 Å². The molecule has 1 unspecified atom stereocenters. The van der Waals surface area contributed by atoms with E-state index in [1.807, 2.05) is 18.7 Å². The molecular formula is C11H23NO4S. The van der Waals surface area contributed by atoms with Crippen LogP contribution in [-0.4, -0.2) is 68.4 Å². The van der Waals surface area contributed by atoms with Gasteiger partial charge in [-0.3, -0.25) is 4.90 Å². The zero-order valence-electron chi connectivity index (χ0n) is 10.6. The van der Waals surface area contributed by atoms with Crippen molar-refractivity contribution in [1.82, 2.24) is 4.90 Å². The lowest BCUT2D eigenvalue weighted by Crippen LogP contribution is -2.37. The molecule has 0 amide bonds. The first-order chi connectivity index (χ1) is 7.89. The minimum atomic E-state index is -2.87. The van der Waals surface area contributed by atoms with E-state index in [2.05, 4.69) is 0 Å². The van der Waals surface area contributed by atoms with Gasteiger partial charge in [0.25, 0.3) is 0 Å². The number of aliphatic hydroxyl groups excluding tert-OH is 1. The fourth-order valence-electron chi connectivity index (χ4n) is 1.83. The van der Waals surface area contributed by atoms with Gasteiger partial charge in [0.2, 0.25) is 0 Å². The van der Waals surface area contributed by atoms with Crippen LogP contribution in [-0.2, 0) is 14.6 Å². The summed E-state index contributed by atoms with van der Waals surface area (Å²) in [6.07, 6.45) is 0.215. The van der Waals surface area contributed by atoms with Crippen molar-refractivity contribution >= 4 is 9.84 Å². The maximum Gasteiger partial charge on any atom is 0.151 e. The van der Waals surface area contributed by atoms with Gasteiger partial charge in [-0.05, 0) is 26.8 Å². The Bertz CT molecular complexity index is 315. The number of rotatable bonds is 5. The Hall–Kier alpha value is -0.170. The van der Waals surface area contributed by atoms with Gasteiger partial charge in [0.05, 0.1) is 30.3 Å². The summed E-state index contributed by atoms with van der Waals surface area (Å²) >= 11 is 0. The summed E-state index contributed by atoms with van der Waals surface area (Å²) < 4.78 is 28.1. The molecule has 1 aliphatic heterocycles. The van der Waals surface area contributed by atoms with Crippen molar-refractivity contribution in [3.05, 3.63) is 0 Å². The molecule has 17 heavy (non-hydrogen) atoms. The third-order valence-electron chi connectivity index (χ3n) is 2.74. The topological polar surface area (TPSA) is 66.8 Å². The molecule has 5 nitrogen and oxygen atoms in total. The van der Waals surface area contributed by atoms with E-state index in [4.69, 9.17) is 4.74 Å². The molecule has 102 valence electrons. The first-order valence-corrected chi connectivity index (χ1v) is 7.93. The monoisotopic (exact) mass is 265 g/mol. The summed E-state index contributed by atoms with van der Waals surface area (Å²) in [5, 5.41) is 9.76. The third kappa shape index (κ3) is 6.35. The van der Waals surface area contributed by atoms with Gasteiger partial charge in [0.1, 0.15) is 0 Å². The Morgan fingerprint density at radius 1 is 1.29 bits per heavy atom. The quantitative estimate of drug-likeness (QED) is 0.751. The molecular weight excluding hydrogens is 242 g/mol. The van der Waals surface area contributed by atoms with Crippen LogP contribution in [0.2, 0.25) is 0 Å². The Kier molecular flexibility index (Phi) is 5.85. The molecule has 6 heteroatoms. The van der Waals surface area contributed by atoms with Crippen LogP contribution in [0.1, 0.15) is 20.3 Å². The second kappa shape index (κ2) is 6.68. The predicted octanol–water partition coefficient (Wildman–Crippen LogP) is -0.107. The third-order valence-corrected chi connectivity index (χ3v) is 4.45. The fourth-order valence-corrected chi connectivity index (χ4v) is 3.14. The lowest BCUT2D eigenvalue weighted by atomic mass is 10.3. The van der Waals surface area contributed by atoms with E-state index in [1.54, 1.807) is 0 Å². The Morgan fingerprint density at radius 2 is 2.00 bits per heavy atom. The van der Waals surface area contributed by atoms with Gasteiger partial charge in [0.15, 0.2) is 9.84 Å². The number of aliphatic hydroxyl groups is 1. The maximum absolute atomic E-state index is 11.4. The molecule has 1 N–H and O–H groups in total. The van der Waals surface area contributed by atoms with Crippen LogP contribution in [0.15, 0.2) is 0 Å². The number of nitrogens with zero attached hydrogens (tertiary/aromatic N) is 1. The van der Waals surface area contributed by atoms with E-state index >= 15 is 0 Å². The molecule has 0 saturated carbocycles. The lowest BCUT2D eigenvalue weighted by molar-refractivity contribution is -0.00757. The molecule has 0 aromatic rings. The molecule has 0 radical (unpaired) electrons. The summed E-state index contributed by atoms with van der Waals surface area (Å²) in [5.74, 6) is 0.465. The number of ether oxygens (including phenoxy) is 1. The molecule has 0 aliphatic carbocycles. The normalized spacial score (nSPS) is 23.5. The summed E-state index contributed by atoms with van der Waals surface area (Å²) in [6.45, 7) is 5.89. The van der Waals surface area contributed by atoms with Crippen LogP contribution in [0, 0.1) is 0 Å². The van der Waals surface area contributed by atoms with Crippen LogP contribution in [0.5, 0.6) is 0 Å². The van der Waals surface area contributed by atoms with Crippen molar-refractivity contribution in [1.29, 1.82) is 0 Å². The largest absolute Gasteiger partial charge is 0.389 e. The molecule has 0 bridgehead atoms. The highest BCUT2D eigenvalue weighted by atomic mass is 32.2. The number of hydrogen-bond donors (Lipinski definition) is 1. The van der Waals surface area contributed by atoms with Crippen LogP contribution in [0.25, 0.3) is 0 Å². The Morgan fingerprint density at radius 3 is 2.65 bits per heavy atom. The van der Waals surface area contributed by atoms with Crippen LogP contribution in [0.4, 0.5) is 0 Å². The highest BCUT2D eigenvalue weighted by Crippen LogP contribution is 2.06. The molecule has 1 aliphatic rings. The van der Waals surface area contributed by atoms with Crippen molar-refractivity contribution in [3.63, 3.8) is 0 Å². The van der Waals surface area contributed by atoms with Crippen LogP contribution >= 0.6 is 0 Å². The van der Waals surface area contributed by atoms with Crippen molar-refractivity contribution < 1.29 is 18.3 Å². The molecule has 0 aromatic heterocycles. The van der Waals surface area contributed by atoms with E-state index in [0.29, 0.717) is 26.1 Å². The zero-order valence-corrected chi connectivity index (χ0v) is 11.4. The second-order valence-electron chi connectivity index (χ2n) is 4.84. The summed E-state index contributed by atoms with van der Waals surface area (Å²) in [5.41, 5.74) is 0. The maximum atomic E-state index is 11.4.